The van der Waals surface area contributed by atoms with E-state index in [1.54, 1.807) is 0 Å². The van der Waals surface area contributed by atoms with Crippen LogP contribution in [-0.4, -0.2) is 82.3 Å². The molecule has 0 rings (SSSR count). The maximum atomic E-state index is 12.9. The lowest BCUT2D eigenvalue weighted by Gasteiger charge is -2.26. The molecule has 0 heterocycles. The first kappa shape index (κ1) is 78.8. The Labute approximate surface area is 503 Å². The summed E-state index contributed by atoms with van der Waals surface area (Å²) >= 11 is 0. The molecule has 0 saturated heterocycles. The molecular formula is C72H137NO8. The lowest BCUT2D eigenvalue weighted by Crippen LogP contribution is -2.44. The average molecular weight is 1140 g/mol. The van der Waals surface area contributed by atoms with Crippen molar-refractivity contribution >= 4 is 17.9 Å². The topological polar surface area (TPSA) is 111 Å². The van der Waals surface area contributed by atoms with E-state index in [-0.39, 0.29) is 32.2 Å². The molecule has 9 nitrogen and oxygen atoms in total. The van der Waals surface area contributed by atoms with Crippen LogP contribution in [0.4, 0.5) is 0 Å². The van der Waals surface area contributed by atoms with Gasteiger partial charge in [-0.1, -0.05) is 327 Å². The SMILES string of the molecule is CCCCCCC/C=C\C/C=C\CCCCCCCCCCCCCCCCCCCCCCCC(=O)OC(COC(=O)CCCCCCCCCCCCCCCCCCCCCCCCC)COC(OCC[N+](C)(C)C)C(=O)[O-]. The fourth-order valence-electron chi connectivity index (χ4n) is 10.7. The highest BCUT2D eigenvalue weighted by Gasteiger charge is 2.22. The van der Waals surface area contributed by atoms with Gasteiger partial charge in [0, 0.05) is 12.8 Å². The number of carbonyl (C=O) groups excluding carboxylic acids is 3. The number of ether oxygens (including phenoxy) is 4. The lowest BCUT2D eigenvalue weighted by atomic mass is 10.0. The minimum Gasteiger partial charge on any atom is -0.545 e. The molecule has 2 atom stereocenters. The zero-order chi connectivity index (χ0) is 59.1. The van der Waals surface area contributed by atoms with E-state index in [0.29, 0.717) is 17.4 Å². The number of hydrogen-bond acceptors (Lipinski definition) is 8. The molecule has 0 spiro atoms. The Morgan fingerprint density at radius 3 is 0.975 bits per heavy atom. The molecule has 0 radical (unpaired) electrons. The highest BCUT2D eigenvalue weighted by Crippen LogP contribution is 2.19. The van der Waals surface area contributed by atoms with Crippen LogP contribution < -0.4 is 5.11 Å². The van der Waals surface area contributed by atoms with E-state index >= 15 is 0 Å². The van der Waals surface area contributed by atoms with Crippen molar-refractivity contribution in [1.29, 1.82) is 0 Å². The Morgan fingerprint density at radius 1 is 0.370 bits per heavy atom. The normalized spacial score (nSPS) is 12.8. The molecule has 81 heavy (non-hydrogen) atoms. The third-order valence-corrected chi connectivity index (χ3v) is 16.2. The molecule has 0 fully saturated rings. The summed E-state index contributed by atoms with van der Waals surface area (Å²) in [6, 6.07) is 0. The monoisotopic (exact) mass is 1140 g/mol. The Hall–Kier alpha value is -2.23. The van der Waals surface area contributed by atoms with Crippen LogP contribution in [0.2, 0.25) is 0 Å². The smallest absolute Gasteiger partial charge is 0.306 e. The largest absolute Gasteiger partial charge is 0.545 e. The Morgan fingerprint density at radius 2 is 0.667 bits per heavy atom. The number of hydrogen-bond donors (Lipinski definition) is 0. The van der Waals surface area contributed by atoms with Crippen molar-refractivity contribution in [3.8, 4) is 0 Å². The fourth-order valence-corrected chi connectivity index (χ4v) is 10.7. The van der Waals surface area contributed by atoms with Crippen molar-refractivity contribution < 1.29 is 42.9 Å². The molecule has 0 aliphatic carbocycles. The summed E-state index contributed by atoms with van der Waals surface area (Å²) in [6.45, 7) is 4.82. The second kappa shape index (κ2) is 63.8. The number of unbranched alkanes of at least 4 members (excludes halogenated alkanes) is 48. The summed E-state index contributed by atoms with van der Waals surface area (Å²) in [7, 11) is 5.95. The molecule has 0 aliphatic rings. The number of esters is 2. The van der Waals surface area contributed by atoms with Gasteiger partial charge in [0.2, 0.25) is 0 Å². The molecule has 0 aliphatic heterocycles. The number of likely N-dealkylation sites (N-methyl/N-ethyl adjacent to an activating group) is 1. The van der Waals surface area contributed by atoms with Crippen molar-refractivity contribution in [3.63, 3.8) is 0 Å². The van der Waals surface area contributed by atoms with Gasteiger partial charge in [-0.15, -0.1) is 0 Å². The molecule has 478 valence electrons. The summed E-state index contributed by atoms with van der Waals surface area (Å²) in [5, 5.41) is 11.8. The van der Waals surface area contributed by atoms with Crippen LogP contribution in [0, 0.1) is 0 Å². The minimum absolute atomic E-state index is 0.152. The third kappa shape index (κ3) is 65.2. The van der Waals surface area contributed by atoms with Crippen LogP contribution in [0.25, 0.3) is 0 Å². The van der Waals surface area contributed by atoms with Gasteiger partial charge in [-0.2, -0.15) is 0 Å². The van der Waals surface area contributed by atoms with Crippen LogP contribution in [0.1, 0.15) is 361 Å². The van der Waals surface area contributed by atoms with E-state index in [4.69, 9.17) is 18.9 Å². The highest BCUT2D eigenvalue weighted by atomic mass is 16.7. The number of nitrogens with zero attached hydrogens (tertiary/aromatic N) is 1. The summed E-state index contributed by atoms with van der Waals surface area (Å²) in [4.78, 5) is 37.5. The number of carboxylic acids is 1. The van der Waals surface area contributed by atoms with Crippen molar-refractivity contribution in [2.75, 3.05) is 47.5 Å². The number of quaternary nitrogens is 1. The van der Waals surface area contributed by atoms with Crippen molar-refractivity contribution in [1.82, 2.24) is 0 Å². The second-order valence-electron chi connectivity index (χ2n) is 25.5. The summed E-state index contributed by atoms with van der Waals surface area (Å²) < 4.78 is 22.8. The highest BCUT2D eigenvalue weighted by molar-refractivity contribution is 5.70. The molecule has 0 amide bonds. The van der Waals surface area contributed by atoms with Gasteiger partial charge in [0.25, 0.3) is 0 Å². The van der Waals surface area contributed by atoms with Gasteiger partial charge >= 0.3 is 11.9 Å². The first-order chi connectivity index (χ1) is 39.6. The predicted molar refractivity (Wildman–Crippen MR) is 343 cm³/mol. The minimum atomic E-state index is -1.62. The summed E-state index contributed by atoms with van der Waals surface area (Å²) in [5.41, 5.74) is 0. The van der Waals surface area contributed by atoms with Crippen LogP contribution in [0.3, 0.4) is 0 Å². The maximum Gasteiger partial charge on any atom is 0.306 e. The molecule has 0 N–H and O–H groups in total. The number of carbonyl (C=O) groups is 3. The first-order valence-corrected chi connectivity index (χ1v) is 35.5. The van der Waals surface area contributed by atoms with Crippen molar-refractivity contribution in [2.24, 2.45) is 0 Å². The van der Waals surface area contributed by atoms with Gasteiger partial charge in [-0.25, -0.2) is 0 Å². The van der Waals surface area contributed by atoms with E-state index in [1.165, 1.54) is 289 Å². The molecule has 0 aromatic rings. The van der Waals surface area contributed by atoms with Gasteiger partial charge in [0.05, 0.1) is 40.3 Å². The van der Waals surface area contributed by atoms with Crippen LogP contribution in [0.5, 0.6) is 0 Å². The van der Waals surface area contributed by atoms with Crippen LogP contribution in [0.15, 0.2) is 24.3 Å². The number of aliphatic carboxylic acids is 1. The molecule has 9 heteroatoms. The molecule has 2 unspecified atom stereocenters. The molecular weight excluding hydrogens is 1010 g/mol. The molecule has 0 bridgehead atoms. The zero-order valence-corrected chi connectivity index (χ0v) is 54.7. The summed E-state index contributed by atoms with van der Waals surface area (Å²) in [5.74, 6) is -2.25. The van der Waals surface area contributed by atoms with Crippen molar-refractivity contribution in [3.05, 3.63) is 24.3 Å². The number of carboxylic acid groups (broad SMARTS) is 1. The predicted octanol–water partition coefficient (Wildman–Crippen LogP) is 20.5. The van der Waals surface area contributed by atoms with Gasteiger partial charge in [-0.05, 0) is 44.9 Å². The standard InChI is InChI=1S/C72H137NO8/c1-6-8-10-12-14-16-18-20-22-24-26-28-30-31-32-33-34-35-36-37-38-39-41-43-45-47-49-51-53-55-57-59-61-63-70(75)81-68(67-80-72(71(76)77)78-65-64-73(3,4)5)66-79-69(74)62-60-58-56-54-52-50-48-46-44-42-40-29-27-25-23-21-19-17-15-13-11-9-7-2/h18,20,24,26,68,72H,6-17,19,21-23,25,27-67H2,1-5H3/b20-18-,26-24-. The first-order valence-electron chi connectivity index (χ1n) is 35.5. The van der Waals surface area contributed by atoms with Gasteiger partial charge in [0.1, 0.15) is 13.2 Å². The number of rotatable bonds is 67. The maximum absolute atomic E-state index is 12.9. The van der Waals surface area contributed by atoms with Gasteiger partial charge in [-0.3, -0.25) is 9.59 Å². The Balaban J connectivity index is 4.03. The third-order valence-electron chi connectivity index (χ3n) is 16.2. The number of allylic oxidation sites excluding steroid dienone is 4. The Kier molecular flexibility index (Phi) is 62.0. The van der Waals surface area contributed by atoms with E-state index in [0.717, 1.165) is 44.9 Å². The van der Waals surface area contributed by atoms with E-state index in [2.05, 4.69) is 38.2 Å². The average Bonchev–Trinajstić information content (AvgIpc) is 3.44. The molecule has 0 saturated carbocycles. The van der Waals surface area contributed by atoms with Crippen LogP contribution >= 0.6 is 0 Å². The van der Waals surface area contributed by atoms with Gasteiger partial charge in [0.15, 0.2) is 12.4 Å². The fraction of sp³-hybridized carbons (Fsp3) is 0.903. The lowest BCUT2D eigenvalue weighted by molar-refractivity contribution is -0.870. The zero-order valence-electron chi connectivity index (χ0n) is 54.7. The van der Waals surface area contributed by atoms with E-state index in [9.17, 15) is 19.5 Å². The van der Waals surface area contributed by atoms with Crippen LogP contribution in [-0.2, 0) is 33.3 Å². The molecule has 0 aromatic heterocycles. The Bertz CT molecular complexity index is 1380. The van der Waals surface area contributed by atoms with E-state index < -0.39 is 24.3 Å². The molecule has 0 aromatic carbocycles. The summed E-state index contributed by atoms with van der Waals surface area (Å²) in [6.07, 6.45) is 75.5. The second-order valence-corrected chi connectivity index (χ2v) is 25.5. The quantitative estimate of drug-likeness (QED) is 0.0195. The van der Waals surface area contributed by atoms with E-state index in [1.807, 2.05) is 21.1 Å². The van der Waals surface area contributed by atoms with Gasteiger partial charge < -0.3 is 33.3 Å². The van der Waals surface area contributed by atoms with Crippen molar-refractivity contribution in [2.45, 2.75) is 373 Å².